The lowest BCUT2D eigenvalue weighted by atomic mass is 10.1. The summed E-state index contributed by atoms with van der Waals surface area (Å²) in [5.74, 6) is -0.284. The highest BCUT2D eigenvalue weighted by Gasteiger charge is 2.18. The maximum Gasteiger partial charge on any atom is 0.244 e. The molecular weight excluding hydrogens is 259 g/mol. The Kier molecular flexibility index (Phi) is 4.20. The normalized spacial score (nSPS) is 11.7. The number of anilines is 1. The number of rotatable bonds is 5. The number of nitrogens with one attached hydrogen (secondary N) is 1. The third-order valence-corrected chi connectivity index (χ3v) is 2.87. The number of primary amides is 1. The highest BCUT2D eigenvalue weighted by Crippen LogP contribution is 2.22. The molecule has 4 nitrogen and oxygen atoms in total. The highest BCUT2D eigenvalue weighted by molar-refractivity contribution is 5.84. The van der Waals surface area contributed by atoms with Crippen LogP contribution in [-0.4, -0.2) is 13.0 Å². The molecule has 0 aliphatic rings. The zero-order valence-corrected chi connectivity index (χ0v) is 11.0. The topological polar surface area (TPSA) is 64.3 Å². The molecule has 2 aromatic carbocycles. The number of carbonyl (C=O) groups is 1. The molecule has 3 N–H and O–H groups in total. The molecule has 0 spiro atoms. The van der Waals surface area contributed by atoms with Crippen LogP contribution in [0.3, 0.4) is 0 Å². The van der Waals surface area contributed by atoms with E-state index < -0.39 is 17.8 Å². The Balaban J connectivity index is 2.23. The van der Waals surface area contributed by atoms with Crippen molar-refractivity contribution in [2.75, 3.05) is 12.4 Å². The summed E-state index contributed by atoms with van der Waals surface area (Å²) in [5.41, 5.74) is 6.55. The van der Waals surface area contributed by atoms with Crippen LogP contribution in [0.1, 0.15) is 11.6 Å². The van der Waals surface area contributed by atoms with Crippen molar-refractivity contribution in [3.8, 4) is 5.75 Å². The van der Waals surface area contributed by atoms with Gasteiger partial charge in [-0.25, -0.2) is 4.39 Å². The zero-order valence-electron chi connectivity index (χ0n) is 11.0. The van der Waals surface area contributed by atoms with Crippen molar-refractivity contribution in [3.63, 3.8) is 0 Å². The first-order valence-corrected chi connectivity index (χ1v) is 6.05. The fourth-order valence-electron chi connectivity index (χ4n) is 1.86. The Morgan fingerprint density at radius 2 is 1.95 bits per heavy atom. The molecule has 5 heteroatoms. The molecule has 0 aromatic heterocycles. The average Bonchev–Trinajstić information content (AvgIpc) is 2.45. The number of ether oxygens (including phenoxy) is 1. The van der Waals surface area contributed by atoms with Gasteiger partial charge in [0.2, 0.25) is 5.91 Å². The van der Waals surface area contributed by atoms with E-state index >= 15 is 0 Å². The van der Waals surface area contributed by atoms with E-state index in [1.807, 2.05) is 0 Å². The van der Waals surface area contributed by atoms with Gasteiger partial charge in [-0.3, -0.25) is 4.79 Å². The quantitative estimate of drug-likeness (QED) is 0.880. The minimum absolute atomic E-state index is 0.412. The van der Waals surface area contributed by atoms with Gasteiger partial charge in [-0.1, -0.05) is 12.1 Å². The fraction of sp³-hybridized carbons (Fsp3) is 0.133. The molecule has 0 aliphatic heterocycles. The summed E-state index contributed by atoms with van der Waals surface area (Å²) in [5, 5.41) is 2.98. The van der Waals surface area contributed by atoms with Crippen LogP contribution in [0.15, 0.2) is 48.5 Å². The molecule has 2 aromatic rings. The largest absolute Gasteiger partial charge is 0.497 e. The van der Waals surface area contributed by atoms with Crippen LogP contribution < -0.4 is 15.8 Å². The number of amides is 1. The van der Waals surface area contributed by atoms with E-state index in [2.05, 4.69) is 5.32 Å². The summed E-state index contributed by atoms with van der Waals surface area (Å²) in [7, 11) is 1.57. The molecule has 0 fully saturated rings. The van der Waals surface area contributed by atoms with Crippen molar-refractivity contribution in [3.05, 3.63) is 59.9 Å². The predicted octanol–water partition coefficient (Wildman–Crippen LogP) is 2.47. The lowest BCUT2D eigenvalue weighted by molar-refractivity contribution is -0.118. The lowest BCUT2D eigenvalue weighted by Gasteiger charge is -2.17. The van der Waals surface area contributed by atoms with E-state index in [1.165, 1.54) is 18.2 Å². The Hall–Kier alpha value is -2.56. The third kappa shape index (κ3) is 3.26. The molecular formula is C15H15FN2O2. The molecule has 0 radical (unpaired) electrons. The Morgan fingerprint density at radius 3 is 2.50 bits per heavy atom. The molecule has 0 aliphatic carbocycles. The molecule has 2 rings (SSSR count). The molecule has 1 amide bonds. The number of methoxy groups -OCH3 is 1. The predicted molar refractivity (Wildman–Crippen MR) is 75.0 cm³/mol. The van der Waals surface area contributed by atoms with Gasteiger partial charge >= 0.3 is 0 Å². The van der Waals surface area contributed by atoms with Crippen LogP contribution in [0.5, 0.6) is 5.75 Å². The van der Waals surface area contributed by atoms with Gasteiger partial charge in [0.05, 0.1) is 7.11 Å². The van der Waals surface area contributed by atoms with Crippen LogP contribution >= 0.6 is 0 Å². The van der Waals surface area contributed by atoms with Crippen molar-refractivity contribution in [1.29, 1.82) is 0 Å². The summed E-state index contributed by atoms with van der Waals surface area (Å²) in [4.78, 5) is 11.6. The van der Waals surface area contributed by atoms with E-state index in [-0.39, 0.29) is 0 Å². The molecule has 1 unspecified atom stereocenters. The number of hydrogen-bond acceptors (Lipinski definition) is 3. The Labute approximate surface area is 116 Å². The Bertz CT molecular complexity index is 599. The van der Waals surface area contributed by atoms with Gasteiger partial charge in [0.1, 0.15) is 17.6 Å². The van der Waals surface area contributed by atoms with Crippen LogP contribution in [-0.2, 0) is 4.79 Å². The van der Waals surface area contributed by atoms with Gasteiger partial charge in [-0.15, -0.1) is 0 Å². The first kappa shape index (κ1) is 13.9. The van der Waals surface area contributed by atoms with Crippen molar-refractivity contribution >= 4 is 11.6 Å². The van der Waals surface area contributed by atoms with Gasteiger partial charge in [0.15, 0.2) is 0 Å². The van der Waals surface area contributed by atoms with E-state index in [0.717, 1.165) is 0 Å². The summed E-state index contributed by atoms with van der Waals surface area (Å²) < 4.78 is 18.3. The molecule has 104 valence electrons. The molecule has 0 bridgehead atoms. The first-order valence-electron chi connectivity index (χ1n) is 6.05. The summed E-state index contributed by atoms with van der Waals surface area (Å²) >= 11 is 0. The van der Waals surface area contributed by atoms with Crippen LogP contribution in [0.25, 0.3) is 0 Å². The van der Waals surface area contributed by atoms with Gasteiger partial charge in [-0.05, 0) is 42.0 Å². The van der Waals surface area contributed by atoms with E-state index in [1.54, 1.807) is 37.4 Å². The number of halogens is 1. The second-order valence-electron chi connectivity index (χ2n) is 4.26. The minimum atomic E-state index is -0.793. The molecule has 0 saturated carbocycles. The molecule has 20 heavy (non-hydrogen) atoms. The monoisotopic (exact) mass is 274 g/mol. The van der Waals surface area contributed by atoms with Crippen molar-refractivity contribution in [1.82, 2.24) is 0 Å². The third-order valence-electron chi connectivity index (χ3n) is 2.87. The molecule has 0 saturated heterocycles. The maximum atomic E-state index is 13.2. The van der Waals surface area contributed by atoms with E-state index in [4.69, 9.17) is 10.5 Å². The highest BCUT2D eigenvalue weighted by atomic mass is 19.1. The average molecular weight is 274 g/mol. The maximum absolute atomic E-state index is 13.2. The van der Waals surface area contributed by atoms with E-state index in [9.17, 15) is 9.18 Å². The van der Waals surface area contributed by atoms with Crippen molar-refractivity contribution in [2.24, 2.45) is 5.73 Å². The molecule has 0 heterocycles. The lowest BCUT2D eigenvalue weighted by Crippen LogP contribution is -2.27. The number of carbonyl (C=O) groups excluding carboxylic acids is 1. The van der Waals surface area contributed by atoms with Crippen LogP contribution in [0.4, 0.5) is 10.1 Å². The summed E-state index contributed by atoms with van der Waals surface area (Å²) in [6.45, 7) is 0. The number of benzene rings is 2. The van der Waals surface area contributed by atoms with Gasteiger partial charge in [0.25, 0.3) is 0 Å². The Morgan fingerprint density at radius 1 is 1.25 bits per heavy atom. The smallest absolute Gasteiger partial charge is 0.244 e. The van der Waals surface area contributed by atoms with Gasteiger partial charge in [-0.2, -0.15) is 0 Å². The standard InChI is InChI=1S/C15H15FN2O2/c1-20-13-7-5-12(6-8-13)18-14(15(17)19)10-3-2-4-11(16)9-10/h2-9,14,18H,1H3,(H2,17,19). The number of hydrogen-bond donors (Lipinski definition) is 2. The van der Waals surface area contributed by atoms with Crippen molar-refractivity contribution < 1.29 is 13.9 Å². The first-order chi connectivity index (χ1) is 9.60. The van der Waals surface area contributed by atoms with Gasteiger partial charge < -0.3 is 15.8 Å². The second-order valence-corrected chi connectivity index (χ2v) is 4.26. The fourth-order valence-corrected chi connectivity index (χ4v) is 1.86. The van der Waals surface area contributed by atoms with E-state index in [0.29, 0.717) is 17.0 Å². The number of nitrogens with two attached hydrogens (primary N) is 1. The summed E-state index contributed by atoms with van der Waals surface area (Å²) in [6, 6.07) is 12.0. The van der Waals surface area contributed by atoms with Crippen molar-refractivity contribution in [2.45, 2.75) is 6.04 Å². The SMILES string of the molecule is COc1ccc(NC(C(N)=O)c2cccc(F)c2)cc1. The minimum Gasteiger partial charge on any atom is -0.497 e. The van der Waals surface area contributed by atoms with Crippen LogP contribution in [0, 0.1) is 5.82 Å². The zero-order chi connectivity index (χ0) is 14.5. The van der Waals surface area contributed by atoms with Gasteiger partial charge in [0, 0.05) is 5.69 Å². The van der Waals surface area contributed by atoms with Crippen LogP contribution in [0.2, 0.25) is 0 Å². The molecule has 1 atom stereocenters. The summed E-state index contributed by atoms with van der Waals surface area (Å²) in [6.07, 6.45) is 0. The second kappa shape index (κ2) is 6.06.